The lowest BCUT2D eigenvalue weighted by Crippen LogP contribution is -2.05. The minimum Gasteiger partial charge on any atom is -0.358 e. The van der Waals surface area contributed by atoms with Gasteiger partial charge in [0.2, 0.25) is 0 Å². The van der Waals surface area contributed by atoms with E-state index in [4.69, 9.17) is 0 Å². The predicted octanol–water partition coefficient (Wildman–Crippen LogP) is 3.30. The summed E-state index contributed by atoms with van der Waals surface area (Å²) in [6, 6.07) is 7.37. The molecule has 0 saturated heterocycles. The summed E-state index contributed by atoms with van der Waals surface area (Å²) < 4.78 is 24.0. The Kier molecular flexibility index (Phi) is 3.76. The van der Waals surface area contributed by atoms with Gasteiger partial charge in [0.1, 0.15) is 0 Å². The number of rotatable bonds is 5. The van der Waals surface area contributed by atoms with Gasteiger partial charge in [-0.1, -0.05) is 20.3 Å². The van der Waals surface area contributed by atoms with E-state index in [-0.39, 0.29) is 5.75 Å². The van der Waals surface area contributed by atoms with Crippen LogP contribution in [-0.4, -0.2) is 19.2 Å². The number of nitrogens with one attached hydrogen (secondary N) is 1. The molecule has 0 atom stereocenters. The van der Waals surface area contributed by atoms with Gasteiger partial charge in [-0.2, -0.15) is 0 Å². The van der Waals surface area contributed by atoms with Crippen LogP contribution in [0.4, 0.5) is 0 Å². The molecule has 18 heavy (non-hydrogen) atoms. The van der Waals surface area contributed by atoms with Crippen LogP contribution in [0.3, 0.4) is 0 Å². The van der Waals surface area contributed by atoms with Crippen molar-refractivity contribution in [3.8, 4) is 0 Å². The molecule has 0 aliphatic carbocycles. The highest BCUT2D eigenvalue weighted by atomic mass is 32.2. The first kappa shape index (κ1) is 13.1. The number of aryl methyl sites for hydroxylation is 1. The first-order valence-electron chi connectivity index (χ1n) is 6.41. The number of H-pyrrole nitrogens is 1. The van der Waals surface area contributed by atoms with Crippen molar-refractivity contribution in [2.24, 2.45) is 0 Å². The summed E-state index contributed by atoms with van der Waals surface area (Å²) in [5.74, 6) is 0.213. The molecule has 1 heterocycles. The largest absolute Gasteiger partial charge is 0.358 e. The maximum atomic E-state index is 12.0. The zero-order valence-electron chi connectivity index (χ0n) is 10.9. The summed E-state index contributed by atoms with van der Waals surface area (Å²) in [5.41, 5.74) is 2.17. The van der Waals surface area contributed by atoms with Crippen molar-refractivity contribution < 1.29 is 8.42 Å². The van der Waals surface area contributed by atoms with Gasteiger partial charge in [-0.3, -0.25) is 0 Å². The molecule has 0 fully saturated rings. The quantitative estimate of drug-likeness (QED) is 0.901. The van der Waals surface area contributed by atoms with Crippen LogP contribution in [0.5, 0.6) is 0 Å². The lowest BCUT2D eigenvalue weighted by atomic mass is 10.2. The average molecular weight is 265 g/mol. The summed E-state index contributed by atoms with van der Waals surface area (Å²) in [6.07, 6.45) is 2.72. The van der Waals surface area contributed by atoms with Gasteiger partial charge in [0.15, 0.2) is 9.84 Å². The Hall–Kier alpha value is -1.29. The van der Waals surface area contributed by atoms with Crippen LogP contribution >= 0.6 is 0 Å². The maximum Gasteiger partial charge on any atom is 0.178 e. The highest BCUT2D eigenvalue weighted by Crippen LogP contribution is 2.21. The van der Waals surface area contributed by atoms with E-state index in [1.54, 1.807) is 12.1 Å². The van der Waals surface area contributed by atoms with E-state index in [0.717, 1.165) is 29.4 Å². The monoisotopic (exact) mass is 265 g/mol. The van der Waals surface area contributed by atoms with Gasteiger partial charge < -0.3 is 4.98 Å². The number of fused-ring (bicyclic) bond motifs is 1. The van der Waals surface area contributed by atoms with Crippen molar-refractivity contribution in [2.75, 3.05) is 5.75 Å². The van der Waals surface area contributed by atoms with Crippen LogP contribution < -0.4 is 0 Å². The first-order valence-corrected chi connectivity index (χ1v) is 8.06. The Morgan fingerprint density at radius 2 is 1.89 bits per heavy atom. The van der Waals surface area contributed by atoms with E-state index in [0.29, 0.717) is 11.3 Å². The molecule has 0 radical (unpaired) electrons. The molecule has 2 aromatic rings. The molecule has 2 rings (SSSR count). The number of hydrogen-bond donors (Lipinski definition) is 1. The summed E-state index contributed by atoms with van der Waals surface area (Å²) >= 11 is 0. The van der Waals surface area contributed by atoms with Crippen LogP contribution in [0.15, 0.2) is 29.2 Å². The Labute approximate surface area is 108 Å². The minimum atomic E-state index is -3.12. The molecule has 0 amide bonds. The van der Waals surface area contributed by atoms with Crippen LogP contribution in [0.25, 0.3) is 10.9 Å². The number of hydrogen-bond acceptors (Lipinski definition) is 2. The standard InChI is InChI=1S/C14H19NO2S/c1-3-5-12-9-11-10-13(6-7-14(11)15-12)18(16,17)8-4-2/h6-7,9-10,15H,3-5,8H2,1-2H3. The molecule has 1 aromatic heterocycles. The molecule has 98 valence electrons. The van der Waals surface area contributed by atoms with Crippen molar-refractivity contribution in [1.82, 2.24) is 4.98 Å². The van der Waals surface area contributed by atoms with E-state index < -0.39 is 9.84 Å². The number of aromatic amines is 1. The molecule has 0 saturated carbocycles. The van der Waals surface area contributed by atoms with Gasteiger partial charge in [-0.25, -0.2) is 8.42 Å². The van der Waals surface area contributed by atoms with Crippen LogP contribution in [0.1, 0.15) is 32.4 Å². The van der Waals surface area contributed by atoms with Crippen molar-refractivity contribution in [1.29, 1.82) is 0 Å². The molecular weight excluding hydrogens is 246 g/mol. The molecule has 1 N–H and O–H groups in total. The topological polar surface area (TPSA) is 49.9 Å². The Bertz CT molecular complexity index is 641. The van der Waals surface area contributed by atoms with E-state index in [1.807, 2.05) is 19.1 Å². The molecular formula is C14H19NO2S. The van der Waals surface area contributed by atoms with Gasteiger partial charge in [0.25, 0.3) is 0 Å². The fraction of sp³-hybridized carbons (Fsp3) is 0.429. The van der Waals surface area contributed by atoms with E-state index >= 15 is 0 Å². The van der Waals surface area contributed by atoms with Crippen molar-refractivity contribution >= 4 is 20.7 Å². The van der Waals surface area contributed by atoms with Crippen molar-refractivity contribution in [3.05, 3.63) is 30.0 Å². The van der Waals surface area contributed by atoms with E-state index in [9.17, 15) is 8.42 Å². The van der Waals surface area contributed by atoms with Crippen LogP contribution in [0.2, 0.25) is 0 Å². The normalized spacial score (nSPS) is 12.1. The zero-order chi connectivity index (χ0) is 13.2. The SMILES string of the molecule is CCCc1cc2cc(S(=O)(=O)CCC)ccc2[nH]1. The van der Waals surface area contributed by atoms with Gasteiger partial charge in [-0.05, 0) is 37.1 Å². The second-order valence-electron chi connectivity index (χ2n) is 4.61. The molecule has 0 aliphatic heterocycles. The van der Waals surface area contributed by atoms with Gasteiger partial charge in [0.05, 0.1) is 10.6 Å². The highest BCUT2D eigenvalue weighted by molar-refractivity contribution is 7.91. The first-order chi connectivity index (χ1) is 8.56. The van der Waals surface area contributed by atoms with E-state index in [2.05, 4.69) is 11.9 Å². The average Bonchev–Trinajstić information content (AvgIpc) is 2.70. The predicted molar refractivity (Wildman–Crippen MR) is 74.6 cm³/mol. The third kappa shape index (κ3) is 2.58. The molecule has 0 unspecified atom stereocenters. The molecule has 4 heteroatoms. The lowest BCUT2D eigenvalue weighted by molar-refractivity contribution is 0.595. The van der Waals surface area contributed by atoms with Crippen LogP contribution in [-0.2, 0) is 16.3 Å². The second-order valence-corrected chi connectivity index (χ2v) is 6.72. The summed E-state index contributed by atoms with van der Waals surface area (Å²) in [7, 11) is -3.12. The fourth-order valence-corrected chi connectivity index (χ4v) is 3.51. The number of aromatic nitrogens is 1. The van der Waals surface area contributed by atoms with Crippen molar-refractivity contribution in [2.45, 2.75) is 38.0 Å². The van der Waals surface area contributed by atoms with Gasteiger partial charge in [0, 0.05) is 16.6 Å². The van der Waals surface area contributed by atoms with E-state index in [1.165, 1.54) is 0 Å². The Balaban J connectivity index is 2.44. The fourth-order valence-electron chi connectivity index (χ4n) is 2.15. The second kappa shape index (κ2) is 5.14. The smallest absolute Gasteiger partial charge is 0.178 e. The molecule has 0 aliphatic rings. The molecule has 0 spiro atoms. The Morgan fingerprint density at radius 1 is 1.11 bits per heavy atom. The highest BCUT2D eigenvalue weighted by Gasteiger charge is 2.13. The number of benzene rings is 1. The van der Waals surface area contributed by atoms with Crippen molar-refractivity contribution in [3.63, 3.8) is 0 Å². The molecule has 3 nitrogen and oxygen atoms in total. The third-order valence-corrected chi connectivity index (χ3v) is 4.92. The summed E-state index contributed by atoms with van der Waals surface area (Å²) in [4.78, 5) is 3.74. The molecule has 1 aromatic carbocycles. The van der Waals surface area contributed by atoms with Crippen LogP contribution in [0, 0.1) is 0 Å². The minimum absolute atomic E-state index is 0.213. The molecule has 0 bridgehead atoms. The Morgan fingerprint density at radius 3 is 2.56 bits per heavy atom. The van der Waals surface area contributed by atoms with Gasteiger partial charge in [-0.15, -0.1) is 0 Å². The zero-order valence-corrected chi connectivity index (χ0v) is 11.7. The third-order valence-electron chi connectivity index (χ3n) is 3.00. The summed E-state index contributed by atoms with van der Waals surface area (Å²) in [5, 5.41) is 0.982. The number of sulfone groups is 1. The lowest BCUT2D eigenvalue weighted by Gasteiger charge is -2.02. The van der Waals surface area contributed by atoms with Gasteiger partial charge >= 0.3 is 0 Å². The summed E-state index contributed by atoms with van der Waals surface area (Å²) in [6.45, 7) is 4.01. The maximum absolute atomic E-state index is 12.0.